The van der Waals surface area contributed by atoms with Crippen molar-refractivity contribution in [1.29, 1.82) is 0 Å². The van der Waals surface area contributed by atoms with Crippen LogP contribution in [0, 0.1) is 11.2 Å². The Morgan fingerprint density at radius 1 is 1.20 bits per heavy atom. The topological polar surface area (TPSA) is 66.4 Å². The summed E-state index contributed by atoms with van der Waals surface area (Å²) in [7, 11) is 0. The lowest BCUT2D eigenvalue weighted by Gasteiger charge is -2.48. The normalized spacial score (nSPS) is 24.4. The highest BCUT2D eigenvalue weighted by Gasteiger charge is 2.50. The van der Waals surface area contributed by atoms with E-state index in [0.29, 0.717) is 10.6 Å². The van der Waals surface area contributed by atoms with Gasteiger partial charge in [-0.1, -0.05) is 56.1 Å². The molecule has 2 N–H and O–H groups in total. The number of hydrogen-bond donors (Lipinski definition) is 2. The fourth-order valence-corrected chi connectivity index (χ4v) is 4.80. The molecule has 0 radical (unpaired) electrons. The Morgan fingerprint density at radius 2 is 1.83 bits per heavy atom. The van der Waals surface area contributed by atoms with Gasteiger partial charge in [-0.3, -0.25) is 9.59 Å². The number of aliphatic carboxylic acids is 1. The zero-order chi connectivity index (χ0) is 22.3. The average Bonchev–Trinajstić information content (AvgIpc) is 2.62. The summed E-state index contributed by atoms with van der Waals surface area (Å²) < 4.78 is 14.2. The van der Waals surface area contributed by atoms with Gasteiger partial charge in [0.25, 0.3) is 0 Å². The predicted molar refractivity (Wildman–Crippen MR) is 116 cm³/mol. The maximum atomic E-state index is 14.2. The van der Waals surface area contributed by atoms with Crippen molar-refractivity contribution in [2.75, 3.05) is 0 Å². The van der Waals surface area contributed by atoms with E-state index in [4.69, 9.17) is 23.2 Å². The second-order valence-electron chi connectivity index (χ2n) is 8.82. The summed E-state index contributed by atoms with van der Waals surface area (Å²) in [4.78, 5) is 24.4. The summed E-state index contributed by atoms with van der Waals surface area (Å²) in [5, 5.41) is 13.3. The quantitative estimate of drug-likeness (QED) is 0.624. The maximum absolute atomic E-state index is 14.2. The number of carbonyl (C=O) groups excluding carboxylic acids is 1. The highest BCUT2D eigenvalue weighted by atomic mass is 35.5. The van der Waals surface area contributed by atoms with Crippen LogP contribution in [0.25, 0.3) is 0 Å². The smallest absolute Gasteiger partial charge is 0.304 e. The summed E-state index contributed by atoms with van der Waals surface area (Å²) in [5.41, 5.74) is -0.0916. The van der Waals surface area contributed by atoms with E-state index in [2.05, 4.69) is 5.32 Å². The molecule has 7 heteroatoms. The van der Waals surface area contributed by atoms with Crippen LogP contribution in [0.2, 0.25) is 10.0 Å². The standard InChI is InChI=1S/C23H24Cl2FNO3/c1-22(2,14-4-6-15(24)7-5-14)20-18(13-8-16(25)10-17(26)9-13)11-23(3,12-19(28)29)21(30)27-20/h4-10,18,20H,11-12H2,1-3H3,(H,27,30)(H,28,29)/t18-,20+,23-/m1/s1. The minimum absolute atomic E-state index is 0.255. The molecule has 2 aromatic rings. The molecule has 1 saturated heterocycles. The molecule has 1 aliphatic heterocycles. The summed E-state index contributed by atoms with van der Waals surface area (Å²) in [5.74, 6) is -2.20. The second-order valence-corrected chi connectivity index (χ2v) is 9.70. The number of benzene rings is 2. The number of halogens is 3. The van der Waals surface area contributed by atoms with Crippen molar-refractivity contribution >= 4 is 35.1 Å². The molecule has 0 bridgehead atoms. The first-order valence-electron chi connectivity index (χ1n) is 9.67. The molecule has 0 spiro atoms. The lowest BCUT2D eigenvalue weighted by atomic mass is 9.62. The Balaban J connectivity index is 2.10. The number of amides is 1. The number of carbonyl (C=O) groups is 2. The van der Waals surface area contributed by atoms with E-state index < -0.39 is 28.7 Å². The van der Waals surface area contributed by atoms with Crippen LogP contribution in [-0.4, -0.2) is 23.0 Å². The maximum Gasteiger partial charge on any atom is 0.304 e. The van der Waals surface area contributed by atoms with Gasteiger partial charge in [0.2, 0.25) is 5.91 Å². The van der Waals surface area contributed by atoms with E-state index >= 15 is 0 Å². The molecule has 0 unspecified atom stereocenters. The molecule has 30 heavy (non-hydrogen) atoms. The lowest BCUT2D eigenvalue weighted by molar-refractivity contribution is -0.147. The van der Waals surface area contributed by atoms with Crippen molar-refractivity contribution in [3.05, 3.63) is 69.5 Å². The molecule has 1 amide bonds. The molecule has 1 heterocycles. The Labute approximate surface area is 185 Å². The first kappa shape index (κ1) is 22.6. The largest absolute Gasteiger partial charge is 0.481 e. The molecule has 3 rings (SSSR count). The van der Waals surface area contributed by atoms with Gasteiger partial charge < -0.3 is 10.4 Å². The van der Waals surface area contributed by atoms with Crippen LogP contribution in [0.4, 0.5) is 4.39 Å². The van der Waals surface area contributed by atoms with Gasteiger partial charge in [-0.05, 0) is 47.9 Å². The fraction of sp³-hybridized carbons (Fsp3) is 0.391. The summed E-state index contributed by atoms with van der Waals surface area (Å²) in [6.07, 6.45) is -0.0565. The van der Waals surface area contributed by atoms with Gasteiger partial charge in [-0.2, -0.15) is 0 Å². The van der Waals surface area contributed by atoms with Gasteiger partial charge >= 0.3 is 5.97 Å². The summed E-state index contributed by atoms with van der Waals surface area (Å²) in [6.45, 7) is 5.62. The van der Waals surface area contributed by atoms with Crippen LogP contribution in [0.15, 0.2) is 42.5 Å². The van der Waals surface area contributed by atoms with Crippen molar-refractivity contribution in [3.8, 4) is 0 Å². The first-order chi connectivity index (χ1) is 13.9. The highest BCUT2D eigenvalue weighted by Crippen LogP contribution is 2.47. The van der Waals surface area contributed by atoms with Gasteiger partial charge in [0.05, 0.1) is 11.8 Å². The van der Waals surface area contributed by atoms with Crippen molar-refractivity contribution in [2.24, 2.45) is 5.41 Å². The van der Waals surface area contributed by atoms with E-state index in [0.717, 1.165) is 5.56 Å². The molecule has 0 aromatic heterocycles. The van der Waals surface area contributed by atoms with Crippen molar-refractivity contribution in [1.82, 2.24) is 5.32 Å². The molecule has 0 saturated carbocycles. The average molecular weight is 452 g/mol. The minimum atomic E-state index is -1.12. The minimum Gasteiger partial charge on any atom is -0.481 e. The number of piperidine rings is 1. The van der Waals surface area contributed by atoms with E-state index in [1.165, 1.54) is 12.1 Å². The van der Waals surface area contributed by atoms with Crippen LogP contribution in [0.5, 0.6) is 0 Å². The molecular weight excluding hydrogens is 428 g/mol. The second kappa shape index (κ2) is 8.20. The zero-order valence-corrected chi connectivity index (χ0v) is 18.5. The van der Waals surface area contributed by atoms with Crippen molar-refractivity contribution in [2.45, 2.75) is 51.0 Å². The molecule has 0 aliphatic carbocycles. The third-order valence-corrected chi connectivity index (χ3v) is 6.60. The van der Waals surface area contributed by atoms with E-state index in [-0.39, 0.29) is 29.7 Å². The molecule has 1 fully saturated rings. The van der Waals surface area contributed by atoms with Crippen molar-refractivity contribution in [3.63, 3.8) is 0 Å². The monoisotopic (exact) mass is 451 g/mol. The van der Waals surface area contributed by atoms with Crippen LogP contribution in [-0.2, 0) is 15.0 Å². The number of carboxylic acids is 1. The number of rotatable bonds is 5. The Bertz CT molecular complexity index is 957. The number of carboxylic acid groups (broad SMARTS) is 1. The highest BCUT2D eigenvalue weighted by molar-refractivity contribution is 6.30. The fourth-order valence-electron chi connectivity index (χ4n) is 4.44. The summed E-state index contributed by atoms with van der Waals surface area (Å²) >= 11 is 12.1. The van der Waals surface area contributed by atoms with E-state index in [9.17, 15) is 19.1 Å². The molecule has 3 atom stereocenters. The van der Waals surface area contributed by atoms with Gasteiger partial charge in [0, 0.05) is 27.4 Å². The third kappa shape index (κ3) is 4.47. The molecule has 2 aromatic carbocycles. The molecule has 1 aliphatic rings. The predicted octanol–water partition coefficient (Wildman–Crippen LogP) is 5.56. The van der Waals surface area contributed by atoms with Gasteiger partial charge in [0.15, 0.2) is 0 Å². The molecular formula is C23H24Cl2FNO3. The summed E-state index contributed by atoms with van der Waals surface area (Å²) in [6, 6.07) is 11.3. The van der Waals surface area contributed by atoms with Gasteiger partial charge in [-0.25, -0.2) is 4.39 Å². The van der Waals surface area contributed by atoms with Crippen LogP contribution in [0.1, 0.15) is 50.7 Å². The van der Waals surface area contributed by atoms with E-state index in [1.54, 1.807) is 25.1 Å². The molecule has 4 nitrogen and oxygen atoms in total. The Hall–Kier alpha value is -2.11. The lowest BCUT2D eigenvalue weighted by Crippen LogP contribution is -2.60. The van der Waals surface area contributed by atoms with Gasteiger partial charge in [-0.15, -0.1) is 0 Å². The first-order valence-corrected chi connectivity index (χ1v) is 10.4. The van der Waals surface area contributed by atoms with E-state index in [1.807, 2.05) is 26.0 Å². The Kier molecular flexibility index (Phi) is 6.17. The van der Waals surface area contributed by atoms with Crippen molar-refractivity contribution < 1.29 is 19.1 Å². The third-order valence-electron chi connectivity index (χ3n) is 6.13. The molecule has 160 valence electrons. The Morgan fingerprint density at radius 3 is 2.40 bits per heavy atom. The van der Waals surface area contributed by atoms with Crippen LogP contribution < -0.4 is 5.32 Å². The number of nitrogens with one attached hydrogen (secondary N) is 1. The number of hydrogen-bond acceptors (Lipinski definition) is 2. The van der Waals surface area contributed by atoms with Crippen LogP contribution >= 0.6 is 23.2 Å². The SMILES string of the molecule is CC(C)(c1ccc(Cl)cc1)[C@H]1NC(=O)[C@@](C)(CC(=O)O)C[C@@H]1c1cc(F)cc(Cl)c1. The van der Waals surface area contributed by atoms with Gasteiger partial charge in [0.1, 0.15) is 5.82 Å². The van der Waals surface area contributed by atoms with Crippen LogP contribution in [0.3, 0.4) is 0 Å². The zero-order valence-electron chi connectivity index (χ0n) is 17.0.